The third-order valence-electron chi connectivity index (χ3n) is 5.93. The first-order valence-corrected chi connectivity index (χ1v) is 11.6. The van der Waals surface area contributed by atoms with E-state index >= 15 is 0 Å². The SMILES string of the molecule is CON(C)C(=O)c1c(Cc2c(C)[nH]c3ccccc23)sc2c1c(=O)n(C)c(=O)n2CC(C)C. The van der Waals surface area contributed by atoms with Gasteiger partial charge in [0.2, 0.25) is 0 Å². The molecule has 0 bridgehead atoms. The average molecular weight is 469 g/mol. The van der Waals surface area contributed by atoms with Crippen LogP contribution >= 0.6 is 11.3 Å². The van der Waals surface area contributed by atoms with Crippen LogP contribution in [0, 0.1) is 12.8 Å². The van der Waals surface area contributed by atoms with Gasteiger partial charge in [-0.25, -0.2) is 9.86 Å². The lowest BCUT2D eigenvalue weighted by Crippen LogP contribution is -2.39. The van der Waals surface area contributed by atoms with Gasteiger partial charge < -0.3 is 4.98 Å². The first-order chi connectivity index (χ1) is 15.6. The van der Waals surface area contributed by atoms with Crippen LogP contribution in [0.2, 0.25) is 0 Å². The smallest absolute Gasteiger partial charge is 0.331 e. The number of carbonyl (C=O) groups is 1. The van der Waals surface area contributed by atoms with E-state index in [1.54, 1.807) is 4.57 Å². The minimum atomic E-state index is -0.471. The number of H-pyrrole nitrogens is 1. The van der Waals surface area contributed by atoms with Crippen molar-refractivity contribution in [3.05, 3.63) is 66.8 Å². The van der Waals surface area contributed by atoms with Gasteiger partial charge in [-0.1, -0.05) is 32.0 Å². The van der Waals surface area contributed by atoms with Crippen molar-refractivity contribution in [1.82, 2.24) is 19.2 Å². The molecule has 0 spiro atoms. The van der Waals surface area contributed by atoms with Gasteiger partial charge >= 0.3 is 5.69 Å². The van der Waals surface area contributed by atoms with Crippen LogP contribution in [0.3, 0.4) is 0 Å². The second-order valence-corrected chi connectivity index (χ2v) is 9.75. The molecule has 0 atom stereocenters. The number of aryl methyl sites for hydroxylation is 1. The Kier molecular flexibility index (Phi) is 6.02. The summed E-state index contributed by atoms with van der Waals surface area (Å²) in [5, 5.41) is 2.45. The van der Waals surface area contributed by atoms with Gasteiger partial charge in [0.1, 0.15) is 4.83 Å². The summed E-state index contributed by atoms with van der Waals surface area (Å²) in [6.07, 6.45) is 0.451. The highest BCUT2D eigenvalue weighted by atomic mass is 32.1. The summed E-state index contributed by atoms with van der Waals surface area (Å²) in [6, 6.07) is 8.00. The Labute approximate surface area is 195 Å². The summed E-state index contributed by atoms with van der Waals surface area (Å²) < 4.78 is 2.70. The van der Waals surface area contributed by atoms with Gasteiger partial charge in [0.15, 0.2) is 0 Å². The molecule has 1 aromatic carbocycles. The number of carbonyl (C=O) groups excluding carboxylic acids is 1. The monoisotopic (exact) mass is 468 g/mol. The fraction of sp³-hybridized carbons (Fsp3) is 0.375. The van der Waals surface area contributed by atoms with Crippen molar-refractivity contribution in [1.29, 1.82) is 0 Å². The summed E-state index contributed by atoms with van der Waals surface area (Å²) in [6.45, 7) is 6.47. The molecule has 0 saturated carbocycles. The van der Waals surface area contributed by atoms with E-state index in [9.17, 15) is 14.4 Å². The molecule has 0 unspecified atom stereocenters. The van der Waals surface area contributed by atoms with E-state index in [0.29, 0.717) is 23.4 Å². The lowest BCUT2D eigenvalue weighted by atomic mass is 10.0. The molecule has 3 aromatic heterocycles. The predicted octanol–water partition coefficient (Wildman–Crippen LogP) is 3.43. The van der Waals surface area contributed by atoms with E-state index in [2.05, 4.69) is 4.98 Å². The summed E-state index contributed by atoms with van der Waals surface area (Å²) >= 11 is 1.33. The van der Waals surface area contributed by atoms with Crippen molar-refractivity contribution < 1.29 is 9.63 Å². The number of nitrogens with zero attached hydrogens (tertiary/aromatic N) is 3. The summed E-state index contributed by atoms with van der Waals surface area (Å²) in [4.78, 5) is 49.4. The Balaban J connectivity index is 2.05. The number of rotatable bonds is 6. The summed E-state index contributed by atoms with van der Waals surface area (Å²) in [5.41, 5.74) is 2.51. The van der Waals surface area contributed by atoms with Crippen LogP contribution in [0.5, 0.6) is 0 Å². The van der Waals surface area contributed by atoms with Crippen LogP contribution < -0.4 is 11.2 Å². The van der Waals surface area contributed by atoms with E-state index in [0.717, 1.165) is 36.7 Å². The van der Waals surface area contributed by atoms with Crippen LogP contribution in [0.25, 0.3) is 21.1 Å². The highest BCUT2D eigenvalue weighted by molar-refractivity contribution is 7.19. The lowest BCUT2D eigenvalue weighted by Gasteiger charge is -2.15. The first-order valence-electron chi connectivity index (χ1n) is 10.8. The van der Waals surface area contributed by atoms with Crippen molar-refractivity contribution in [2.24, 2.45) is 13.0 Å². The normalized spacial score (nSPS) is 11.7. The summed E-state index contributed by atoms with van der Waals surface area (Å²) in [7, 11) is 4.38. The zero-order chi connectivity index (χ0) is 24.0. The molecule has 8 nitrogen and oxygen atoms in total. The Morgan fingerprint density at radius 3 is 2.61 bits per heavy atom. The molecule has 4 rings (SSSR count). The molecule has 33 heavy (non-hydrogen) atoms. The van der Waals surface area contributed by atoms with E-state index in [1.807, 2.05) is 45.0 Å². The predicted molar refractivity (Wildman–Crippen MR) is 131 cm³/mol. The number of fused-ring (bicyclic) bond motifs is 2. The van der Waals surface area contributed by atoms with Crippen LogP contribution in [0.1, 0.15) is 40.3 Å². The molecular weight excluding hydrogens is 440 g/mol. The maximum absolute atomic E-state index is 13.4. The van der Waals surface area contributed by atoms with Gasteiger partial charge in [-0.2, -0.15) is 0 Å². The van der Waals surface area contributed by atoms with Gasteiger partial charge in [0.25, 0.3) is 11.5 Å². The largest absolute Gasteiger partial charge is 0.358 e. The molecule has 1 amide bonds. The molecular formula is C24H28N4O4S. The quantitative estimate of drug-likeness (QED) is 0.439. The van der Waals surface area contributed by atoms with Crippen LogP contribution in [-0.4, -0.2) is 39.2 Å². The Morgan fingerprint density at radius 2 is 1.94 bits per heavy atom. The van der Waals surface area contributed by atoms with Gasteiger partial charge in [0, 0.05) is 48.5 Å². The molecule has 1 N–H and O–H groups in total. The minimum absolute atomic E-state index is 0.186. The average Bonchev–Trinajstić information content (AvgIpc) is 3.32. The van der Waals surface area contributed by atoms with Crippen molar-refractivity contribution >= 4 is 38.4 Å². The van der Waals surface area contributed by atoms with E-state index in [4.69, 9.17) is 4.84 Å². The van der Waals surface area contributed by atoms with Crippen molar-refractivity contribution in [3.8, 4) is 0 Å². The maximum Gasteiger partial charge on any atom is 0.331 e. The second kappa shape index (κ2) is 8.64. The number of hydroxylamine groups is 2. The third-order valence-corrected chi connectivity index (χ3v) is 7.14. The molecule has 0 aliphatic carbocycles. The number of aromatic nitrogens is 3. The van der Waals surface area contributed by atoms with Crippen molar-refractivity contribution in [2.45, 2.75) is 33.7 Å². The van der Waals surface area contributed by atoms with E-state index in [1.165, 1.54) is 32.5 Å². The molecule has 0 aliphatic rings. The molecule has 0 radical (unpaired) electrons. The molecule has 174 valence electrons. The zero-order valence-corrected chi connectivity index (χ0v) is 20.5. The Hall–Kier alpha value is -3.17. The highest BCUT2D eigenvalue weighted by Crippen LogP contribution is 2.34. The molecule has 9 heteroatoms. The third kappa shape index (κ3) is 3.81. The number of amides is 1. The molecule has 0 saturated heterocycles. The number of benzene rings is 1. The summed E-state index contributed by atoms with van der Waals surface area (Å²) in [5.74, 6) is -0.228. The van der Waals surface area contributed by atoms with Crippen molar-refractivity contribution in [2.75, 3.05) is 14.2 Å². The fourth-order valence-electron chi connectivity index (χ4n) is 4.22. The van der Waals surface area contributed by atoms with E-state index in [-0.39, 0.29) is 17.0 Å². The Bertz CT molecular complexity index is 1490. The first kappa shape index (κ1) is 23.0. The number of aromatic amines is 1. The topological polar surface area (TPSA) is 89.3 Å². The van der Waals surface area contributed by atoms with Gasteiger partial charge in [0.05, 0.1) is 18.1 Å². The number of nitrogens with one attached hydrogen (secondary N) is 1. The second-order valence-electron chi connectivity index (χ2n) is 8.67. The van der Waals surface area contributed by atoms with Gasteiger partial charge in [-0.05, 0) is 24.5 Å². The number of thiophene rings is 1. The Morgan fingerprint density at radius 1 is 1.24 bits per heavy atom. The number of hydrogen-bond acceptors (Lipinski definition) is 5. The number of hydrogen-bond donors (Lipinski definition) is 1. The van der Waals surface area contributed by atoms with Crippen LogP contribution in [0.4, 0.5) is 0 Å². The molecule has 4 aromatic rings. The van der Waals surface area contributed by atoms with Gasteiger partial charge in [-0.15, -0.1) is 11.3 Å². The minimum Gasteiger partial charge on any atom is -0.358 e. The van der Waals surface area contributed by atoms with Crippen LogP contribution in [-0.2, 0) is 24.9 Å². The molecule has 0 aliphatic heterocycles. The van der Waals surface area contributed by atoms with Crippen LogP contribution in [0.15, 0.2) is 33.9 Å². The number of para-hydroxylation sites is 1. The van der Waals surface area contributed by atoms with E-state index < -0.39 is 11.5 Å². The van der Waals surface area contributed by atoms with Crippen molar-refractivity contribution in [3.63, 3.8) is 0 Å². The maximum atomic E-state index is 13.4. The molecule has 0 fully saturated rings. The standard InChI is InChI=1S/C24H28N4O4S/c1-13(2)12-28-23-20(21(29)26(4)24(28)31)19(22(30)27(5)32-6)18(33-23)11-16-14(3)25-17-10-8-7-9-15(16)17/h7-10,13,25H,11-12H2,1-6H3. The molecule has 3 heterocycles. The zero-order valence-electron chi connectivity index (χ0n) is 19.7. The van der Waals surface area contributed by atoms with Gasteiger partial charge in [-0.3, -0.25) is 23.6 Å². The lowest BCUT2D eigenvalue weighted by molar-refractivity contribution is -0.0756. The highest BCUT2D eigenvalue weighted by Gasteiger charge is 2.28. The fourth-order valence-corrected chi connectivity index (χ4v) is 5.51.